The van der Waals surface area contributed by atoms with Gasteiger partial charge in [-0.15, -0.1) is 0 Å². The van der Waals surface area contributed by atoms with Crippen LogP contribution in [0.5, 0.6) is 5.75 Å². The van der Waals surface area contributed by atoms with E-state index in [1.807, 2.05) is 6.92 Å². The Morgan fingerprint density at radius 2 is 2.16 bits per heavy atom. The number of phenols is 1. The Hall–Kier alpha value is -1.13. The van der Waals surface area contributed by atoms with Gasteiger partial charge in [0.05, 0.1) is 0 Å². The number of hydrogen-bond donors (Lipinski definition) is 1. The van der Waals surface area contributed by atoms with Crippen LogP contribution in [0.1, 0.15) is 31.4 Å². The molecule has 1 aromatic rings. The Morgan fingerprint density at radius 1 is 1.42 bits per heavy atom. The summed E-state index contributed by atoms with van der Waals surface area (Å²) in [4.78, 5) is 4.57. The summed E-state index contributed by atoms with van der Waals surface area (Å²) in [5.41, 5.74) is 0.664. The van der Waals surface area contributed by atoms with Gasteiger partial charge in [-0.25, -0.2) is 4.39 Å². The Kier molecular flexibility index (Phi) is 4.42. The zero-order chi connectivity index (χ0) is 14.0. The number of hydrogen-bond acceptors (Lipinski definition) is 3. The van der Waals surface area contributed by atoms with Crippen LogP contribution >= 0.6 is 0 Å². The van der Waals surface area contributed by atoms with E-state index < -0.39 is 0 Å². The van der Waals surface area contributed by atoms with Gasteiger partial charge in [0.1, 0.15) is 11.6 Å². The van der Waals surface area contributed by atoms with E-state index in [0.29, 0.717) is 11.6 Å². The van der Waals surface area contributed by atoms with Crippen molar-refractivity contribution < 1.29 is 9.50 Å². The molecule has 1 aliphatic rings. The minimum Gasteiger partial charge on any atom is -0.508 e. The van der Waals surface area contributed by atoms with Crippen LogP contribution in [-0.4, -0.2) is 48.1 Å². The lowest BCUT2D eigenvalue weighted by atomic mass is 9.99. The van der Waals surface area contributed by atoms with Crippen LogP contribution in [0.3, 0.4) is 0 Å². The van der Waals surface area contributed by atoms with E-state index >= 15 is 0 Å². The monoisotopic (exact) mass is 266 g/mol. The first-order valence-electron chi connectivity index (χ1n) is 6.88. The van der Waals surface area contributed by atoms with Gasteiger partial charge < -0.3 is 10.0 Å². The fourth-order valence-electron chi connectivity index (χ4n) is 2.81. The zero-order valence-corrected chi connectivity index (χ0v) is 11.9. The first kappa shape index (κ1) is 14.3. The quantitative estimate of drug-likeness (QED) is 0.911. The Bertz CT molecular complexity index is 436. The lowest BCUT2D eigenvalue weighted by Crippen LogP contribution is -2.46. The van der Waals surface area contributed by atoms with Crippen molar-refractivity contribution in [3.63, 3.8) is 0 Å². The van der Waals surface area contributed by atoms with Crippen LogP contribution in [0.2, 0.25) is 0 Å². The molecule has 0 radical (unpaired) electrons. The van der Waals surface area contributed by atoms with Crippen molar-refractivity contribution in [2.24, 2.45) is 0 Å². The summed E-state index contributed by atoms with van der Waals surface area (Å²) in [7, 11) is 4.19. The molecule has 1 fully saturated rings. The number of likely N-dealkylation sites (N-methyl/N-ethyl adjacent to an activating group) is 1. The van der Waals surface area contributed by atoms with E-state index in [2.05, 4.69) is 23.9 Å². The van der Waals surface area contributed by atoms with Crippen molar-refractivity contribution in [2.75, 3.05) is 27.2 Å². The summed E-state index contributed by atoms with van der Waals surface area (Å²) in [5.74, 6) is -0.335. The first-order chi connectivity index (χ1) is 8.99. The molecule has 0 spiro atoms. The molecule has 1 aromatic carbocycles. The van der Waals surface area contributed by atoms with Gasteiger partial charge in [-0.2, -0.15) is 0 Å². The Morgan fingerprint density at radius 3 is 2.79 bits per heavy atom. The van der Waals surface area contributed by atoms with Gasteiger partial charge in [-0.3, -0.25) is 4.90 Å². The summed E-state index contributed by atoms with van der Waals surface area (Å²) < 4.78 is 13.9. The largest absolute Gasteiger partial charge is 0.508 e. The highest BCUT2D eigenvalue weighted by atomic mass is 19.1. The van der Waals surface area contributed by atoms with Gasteiger partial charge >= 0.3 is 0 Å². The summed E-state index contributed by atoms with van der Waals surface area (Å²) in [6.45, 7) is 4.01. The summed E-state index contributed by atoms with van der Waals surface area (Å²) >= 11 is 0. The van der Waals surface area contributed by atoms with Crippen molar-refractivity contribution >= 4 is 0 Å². The molecular formula is C15H23FN2O. The minimum absolute atomic E-state index is 0.0155. The number of aromatic hydroxyl groups is 1. The number of nitrogens with zero attached hydrogens (tertiary/aromatic N) is 2. The summed E-state index contributed by atoms with van der Waals surface area (Å²) in [6, 6.07) is 5.02. The molecule has 4 heteroatoms. The maximum absolute atomic E-state index is 13.9. The molecule has 0 aromatic heterocycles. The highest BCUT2D eigenvalue weighted by Gasteiger charge is 2.26. The fraction of sp³-hybridized carbons (Fsp3) is 0.600. The number of likely N-dealkylation sites (tertiary alicyclic amines) is 1. The number of halogens is 1. The molecule has 0 amide bonds. The average molecular weight is 266 g/mol. The number of benzene rings is 1. The molecule has 19 heavy (non-hydrogen) atoms. The second-order valence-corrected chi connectivity index (χ2v) is 5.64. The second kappa shape index (κ2) is 5.88. The lowest BCUT2D eigenvalue weighted by Gasteiger charge is -2.39. The van der Waals surface area contributed by atoms with Gasteiger partial charge in [0.25, 0.3) is 0 Å². The molecule has 0 saturated carbocycles. The lowest BCUT2D eigenvalue weighted by molar-refractivity contribution is 0.101. The van der Waals surface area contributed by atoms with Crippen LogP contribution in [0.4, 0.5) is 4.39 Å². The standard InChI is InChI=1S/C15H23FN2O/c1-11(14-7-6-13(19)9-15(14)16)18-8-4-5-12(10-18)17(2)3/h6-7,9,11-12,19H,4-5,8,10H2,1-3H3. The molecule has 2 atom stereocenters. The minimum atomic E-state index is -0.320. The van der Waals surface area contributed by atoms with Crippen LogP contribution in [0, 0.1) is 5.82 Å². The van der Waals surface area contributed by atoms with E-state index in [1.54, 1.807) is 12.1 Å². The molecule has 0 aliphatic carbocycles. The smallest absolute Gasteiger partial charge is 0.131 e. The van der Waals surface area contributed by atoms with Gasteiger partial charge in [0, 0.05) is 30.3 Å². The highest BCUT2D eigenvalue weighted by molar-refractivity contribution is 5.29. The molecule has 1 heterocycles. The van der Waals surface area contributed by atoms with Gasteiger partial charge in [-0.05, 0) is 46.5 Å². The molecular weight excluding hydrogens is 243 g/mol. The number of phenolic OH excluding ortho intramolecular Hbond substituents is 1. The molecule has 1 aliphatic heterocycles. The van der Waals surface area contributed by atoms with Gasteiger partial charge in [0.15, 0.2) is 0 Å². The third-order valence-electron chi connectivity index (χ3n) is 4.14. The molecule has 3 nitrogen and oxygen atoms in total. The Balaban J connectivity index is 2.12. The summed E-state index contributed by atoms with van der Waals surface area (Å²) in [5, 5.41) is 9.28. The third kappa shape index (κ3) is 3.25. The van der Waals surface area contributed by atoms with Crippen molar-refractivity contribution in [3.8, 4) is 5.75 Å². The molecule has 2 rings (SSSR count). The van der Waals surface area contributed by atoms with E-state index in [0.717, 1.165) is 19.5 Å². The SMILES string of the molecule is CC(c1ccc(O)cc1F)N1CCCC(N(C)C)C1. The van der Waals surface area contributed by atoms with E-state index in [-0.39, 0.29) is 17.6 Å². The number of rotatable bonds is 3. The van der Waals surface area contributed by atoms with E-state index in [4.69, 9.17) is 0 Å². The predicted molar refractivity (Wildman–Crippen MR) is 74.8 cm³/mol. The molecule has 106 valence electrons. The predicted octanol–water partition coefficient (Wildman–Crippen LogP) is 2.62. The van der Waals surface area contributed by atoms with E-state index in [1.165, 1.54) is 12.5 Å². The van der Waals surface area contributed by atoms with Crippen molar-refractivity contribution in [2.45, 2.75) is 31.8 Å². The van der Waals surface area contributed by atoms with Gasteiger partial charge in [0.2, 0.25) is 0 Å². The van der Waals surface area contributed by atoms with Crippen LogP contribution < -0.4 is 0 Å². The van der Waals surface area contributed by atoms with Crippen LogP contribution in [0.15, 0.2) is 18.2 Å². The maximum atomic E-state index is 13.9. The molecule has 1 N–H and O–H groups in total. The van der Waals surface area contributed by atoms with Crippen LogP contribution in [0.25, 0.3) is 0 Å². The van der Waals surface area contributed by atoms with Crippen LogP contribution in [-0.2, 0) is 0 Å². The van der Waals surface area contributed by atoms with Gasteiger partial charge in [-0.1, -0.05) is 6.07 Å². The zero-order valence-electron chi connectivity index (χ0n) is 11.9. The molecule has 2 unspecified atom stereocenters. The average Bonchev–Trinajstić information content (AvgIpc) is 2.38. The molecule has 1 saturated heterocycles. The summed E-state index contributed by atoms with van der Waals surface area (Å²) in [6.07, 6.45) is 2.35. The normalized spacial score (nSPS) is 22.7. The first-order valence-corrected chi connectivity index (χ1v) is 6.88. The van der Waals surface area contributed by atoms with Crippen molar-refractivity contribution in [3.05, 3.63) is 29.6 Å². The maximum Gasteiger partial charge on any atom is 0.131 e. The molecule has 0 bridgehead atoms. The van der Waals surface area contributed by atoms with E-state index in [9.17, 15) is 9.50 Å². The highest BCUT2D eigenvalue weighted by Crippen LogP contribution is 2.28. The topological polar surface area (TPSA) is 26.7 Å². The fourth-order valence-corrected chi connectivity index (χ4v) is 2.81. The Labute approximate surface area is 114 Å². The second-order valence-electron chi connectivity index (χ2n) is 5.64. The van der Waals surface area contributed by atoms with Crippen molar-refractivity contribution in [1.29, 1.82) is 0 Å². The number of piperidine rings is 1. The third-order valence-corrected chi connectivity index (χ3v) is 4.14. The van der Waals surface area contributed by atoms with Crippen molar-refractivity contribution in [1.82, 2.24) is 9.80 Å².